The Bertz CT molecular complexity index is 986. The molecule has 2 aliphatic heterocycles. The Morgan fingerprint density at radius 1 is 0.900 bits per heavy atom. The molecule has 2 aliphatic rings. The molecular weight excluding hydrogens is 398 g/mol. The number of sulfonamides is 1. The fraction of sp³-hybridized carbons (Fsp3) is 0.435. The van der Waals surface area contributed by atoms with Crippen LogP contribution >= 0.6 is 0 Å². The van der Waals surface area contributed by atoms with Gasteiger partial charge in [0.25, 0.3) is 5.91 Å². The van der Waals surface area contributed by atoms with E-state index in [2.05, 4.69) is 17.0 Å². The molecule has 0 aromatic heterocycles. The van der Waals surface area contributed by atoms with Crippen LogP contribution in [0.2, 0.25) is 0 Å². The van der Waals surface area contributed by atoms with Crippen LogP contribution in [0.25, 0.3) is 0 Å². The van der Waals surface area contributed by atoms with Crippen molar-refractivity contribution in [1.29, 1.82) is 0 Å². The molecule has 0 radical (unpaired) electrons. The Kier molecular flexibility index (Phi) is 6.11. The summed E-state index contributed by atoms with van der Waals surface area (Å²) in [6.07, 6.45) is 2.82. The Hall–Kier alpha value is -2.38. The van der Waals surface area contributed by atoms with E-state index in [-0.39, 0.29) is 16.8 Å². The lowest BCUT2D eigenvalue weighted by Gasteiger charge is -2.36. The van der Waals surface area contributed by atoms with Gasteiger partial charge in [-0.25, -0.2) is 8.42 Å². The van der Waals surface area contributed by atoms with Gasteiger partial charge in [-0.2, -0.15) is 4.31 Å². The highest BCUT2D eigenvalue weighted by Gasteiger charge is 2.31. The number of benzene rings is 2. The smallest absolute Gasteiger partial charge is 0.254 e. The molecular formula is C23H29N3O3S. The van der Waals surface area contributed by atoms with Crippen LogP contribution in [0.4, 0.5) is 5.69 Å². The fourth-order valence-corrected chi connectivity index (χ4v) is 6.09. The summed E-state index contributed by atoms with van der Waals surface area (Å²) >= 11 is 0. The molecule has 2 heterocycles. The van der Waals surface area contributed by atoms with E-state index in [4.69, 9.17) is 0 Å². The molecule has 160 valence electrons. The van der Waals surface area contributed by atoms with E-state index in [0.29, 0.717) is 25.2 Å². The maximum atomic E-state index is 13.1. The van der Waals surface area contributed by atoms with Crippen molar-refractivity contribution in [3.8, 4) is 0 Å². The van der Waals surface area contributed by atoms with E-state index in [0.717, 1.165) is 38.0 Å². The summed E-state index contributed by atoms with van der Waals surface area (Å²) in [6.45, 7) is 5.26. The quantitative estimate of drug-likeness (QED) is 0.752. The number of para-hydroxylation sites is 1. The van der Waals surface area contributed by atoms with E-state index in [1.807, 2.05) is 30.0 Å². The van der Waals surface area contributed by atoms with Crippen molar-refractivity contribution in [2.45, 2.75) is 37.1 Å². The summed E-state index contributed by atoms with van der Waals surface area (Å²) in [5.74, 6) is -0.105. The predicted molar refractivity (Wildman–Crippen MR) is 118 cm³/mol. The van der Waals surface area contributed by atoms with Crippen molar-refractivity contribution >= 4 is 21.6 Å². The van der Waals surface area contributed by atoms with E-state index < -0.39 is 10.0 Å². The molecule has 0 bridgehead atoms. The van der Waals surface area contributed by atoms with E-state index in [9.17, 15) is 13.2 Å². The third-order valence-corrected chi connectivity index (χ3v) is 8.13. The van der Waals surface area contributed by atoms with E-state index in [1.54, 1.807) is 28.6 Å². The van der Waals surface area contributed by atoms with Gasteiger partial charge >= 0.3 is 0 Å². The maximum Gasteiger partial charge on any atom is 0.254 e. The van der Waals surface area contributed by atoms with Crippen LogP contribution < -0.4 is 4.90 Å². The molecule has 0 aliphatic carbocycles. The first-order chi connectivity index (χ1) is 14.5. The average Bonchev–Trinajstić information content (AvgIpc) is 2.79. The number of carbonyl (C=O) groups is 1. The summed E-state index contributed by atoms with van der Waals surface area (Å²) in [6, 6.07) is 16.7. The minimum absolute atomic E-state index is 0.00540. The second-order valence-corrected chi connectivity index (χ2v) is 9.99. The van der Waals surface area contributed by atoms with Gasteiger partial charge in [0.1, 0.15) is 0 Å². The lowest BCUT2D eigenvalue weighted by molar-refractivity contribution is 0.0746. The minimum Gasteiger partial charge on any atom is -0.368 e. The number of piperazine rings is 1. The third kappa shape index (κ3) is 4.23. The highest BCUT2D eigenvalue weighted by atomic mass is 32.2. The predicted octanol–water partition coefficient (Wildman–Crippen LogP) is 3.21. The molecule has 30 heavy (non-hydrogen) atoms. The number of hydrogen-bond donors (Lipinski definition) is 0. The van der Waals surface area contributed by atoms with Crippen molar-refractivity contribution < 1.29 is 13.2 Å². The van der Waals surface area contributed by atoms with Crippen molar-refractivity contribution in [3.05, 3.63) is 60.2 Å². The lowest BCUT2D eigenvalue weighted by atomic mass is 10.1. The number of nitrogens with zero attached hydrogens (tertiary/aromatic N) is 3. The zero-order chi connectivity index (χ0) is 21.1. The first-order valence-corrected chi connectivity index (χ1v) is 12.1. The molecule has 7 heteroatoms. The number of hydrogen-bond acceptors (Lipinski definition) is 4. The average molecular weight is 428 g/mol. The molecule has 2 fully saturated rings. The first-order valence-electron chi connectivity index (χ1n) is 10.7. The fourth-order valence-electron chi connectivity index (χ4n) is 4.34. The van der Waals surface area contributed by atoms with Crippen molar-refractivity contribution in [1.82, 2.24) is 9.21 Å². The van der Waals surface area contributed by atoms with Crippen LogP contribution in [-0.4, -0.2) is 62.3 Å². The van der Waals surface area contributed by atoms with Crippen LogP contribution in [0.5, 0.6) is 0 Å². The molecule has 2 saturated heterocycles. The standard InChI is InChI=1S/C23H29N3O3S/c1-19-8-5-6-13-26(19)30(28,29)22-12-7-9-20(18-22)23(27)25-16-14-24(15-17-25)21-10-3-2-4-11-21/h2-4,7,9-12,18-19H,5-6,8,13-17H2,1H3/t19-/m1/s1. The molecule has 4 rings (SSSR count). The number of anilines is 1. The van der Waals surface area contributed by atoms with E-state index >= 15 is 0 Å². The summed E-state index contributed by atoms with van der Waals surface area (Å²) < 4.78 is 27.9. The largest absolute Gasteiger partial charge is 0.368 e. The molecule has 1 atom stereocenters. The molecule has 2 aromatic carbocycles. The summed E-state index contributed by atoms with van der Waals surface area (Å²) in [4.78, 5) is 17.4. The van der Waals surface area contributed by atoms with Crippen LogP contribution in [0, 0.1) is 0 Å². The zero-order valence-electron chi connectivity index (χ0n) is 17.4. The molecule has 0 unspecified atom stereocenters. The Morgan fingerprint density at radius 3 is 2.33 bits per heavy atom. The first kappa shape index (κ1) is 20.9. The second-order valence-electron chi connectivity index (χ2n) is 8.10. The van der Waals surface area contributed by atoms with Gasteiger partial charge in [0.15, 0.2) is 0 Å². The lowest BCUT2D eigenvalue weighted by Crippen LogP contribution is -2.48. The van der Waals surface area contributed by atoms with Crippen LogP contribution in [0.15, 0.2) is 59.5 Å². The van der Waals surface area contributed by atoms with Crippen LogP contribution in [-0.2, 0) is 10.0 Å². The highest BCUT2D eigenvalue weighted by Crippen LogP contribution is 2.26. The summed E-state index contributed by atoms with van der Waals surface area (Å²) in [5, 5.41) is 0. The Morgan fingerprint density at radius 2 is 1.63 bits per heavy atom. The van der Waals surface area contributed by atoms with Gasteiger partial charge in [-0.15, -0.1) is 0 Å². The van der Waals surface area contributed by atoms with Crippen molar-refractivity contribution in [2.75, 3.05) is 37.6 Å². The summed E-state index contributed by atoms with van der Waals surface area (Å²) in [7, 11) is -3.59. The van der Waals surface area contributed by atoms with Gasteiger partial charge in [-0.3, -0.25) is 4.79 Å². The normalized spacial score (nSPS) is 20.9. The van der Waals surface area contributed by atoms with Gasteiger partial charge in [0.2, 0.25) is 10.0 Å². The highest BCUT2D eigenvalue weighted by molar-refractivity contribution is 7.89. The van der Waals surface area contributed by atoms with Crippen molar-refractivity contribution in [2.24, 2.45) is 0 Å². The van der Waals surface area contributed by atoms with Gasteiger partial charge in [0, 0.05) is 50.0 Å². The monoisotopic (exact) mass is 427 g/mol. The SMILES string of the molecule is C[C@@H]1CCCCN1S(=O)(=O)c1cccc(C(=O)N2CCN(c3ccccc3)CC2)c1. The molecule has 0 saturated carbocycles. The summed E-state index contributed by atoms with van der Waals surface area (Å²) in [5.41, 5.74) is 1.60. The van der Waals surface area contributed by atoms with Gasteiger partial charge in [0.05, 0.1) is 4.90 Å². The maximum absolute atomic E-state index is 13.1. The molecule has 0 spiro atoms. The second kappa shape index (κ2) is 8.78. The molecule has 6 nitrogen and oxygen atoms in total. The Balaban J connectivity index is 1.47. The van der Waals surface area contributed by atoms with Crippen molar-refractivity contribution in [3.63, 3.8) is 0 Å². The van der Waals surface area contributed by atoms with Gasteiger partial charge in [-0.1, -0.05) is 30.7 Å². The molecule has 0 N–H and O–H groups in total. The third-order valence-electron chi connectivity index (χ3n) is 6.12. The van der Waals surface area contributed by atoms with Gasteiger partial charge < -0.3 is 9.80 Å². The number of rotatable bonds is 4. The van der Waals surface area contributed by atoms with E-state index in [1.165, 1.54) is 0 Å². The topological polar surface area (TPSA) is 60.9 Å². The minimum atomic E-state index is -3.59. The molecule has 1 amide bonds. The number of piperidine rings is 1. The Labute approximate surface area is 179 Å². The number of amides is 1. The number of carbonyl (C=O) groups excluding carboxylic acids is 1. The zero-order valence-corrected chi connectivity index (χ0v) is 18.2. The van der Waals surface area contributed by atoms with Crippen LogP contribution in [0.3, 0.4) is 0 Å². The van der Waals surface area contributed by atoms with Crippen LogP contribution in [0.1, 0.15) is 36.5 Å². The van der Waals surface area contributed by atoms with Gasteiger partial charge in [-0.05, 0) is 50.1 Å². The molecule has 2 aromatic rings.